The normalized spacial score (nSPS) is 11.4. The Bertz CT molecular complexity index is 303. The zero-order valence-corrected chi connectivity index (χ0v) is 10.0. The summed E-state index contributed by atoms with van der Waals surface area (Å²) in [6.07, 6.45) is 5.63. The largest absolute Gasteiger partial charge is 0.303 e. The Hall–Kier alpha value is -1.02. The third kappa shape index (κ3) is 4.84. The molecule has 0 N–H and O–H groups in total. The summed E-state index contributed by atoms with van der Waals surface area (Å²) >= 11 is 0. The maximum Gasteiger partial charge on any atom is 0.139 e. The molecule has 1 aromatic rings. The van der Waals surface area contributed by atoms with Crippen molar-refractivity contribution in [1.29, 1.82) is 0 Å². The molecule has 2 heteroatoms. The summed E-state index contributed by atoms with van der Waals surface area (Å²) in [6, 6.07) is 8.61. The smallest absolute Gasteiger partial charge is 0.139 e. The van der Waals surface area contributed by atoms with Crippen molar-refractivity contribution in [3.05, 3.63) is 35.9 Å². The highest BCUT2D eigenvalue weighted by molar-refractivity contribution is 6.32. The quantitative estimate of drug-likeness (QED) is 0.649. The molecule has 0 aliphatic heterocycles. The summed E-state index contributed by atoms with van der Waals surface area (Å²) in [4.78, 5) is 2.32. The third-order valence-electron chi connectivity index (χ3n) is 2.41. The molecule has 80 valence electrons. The standard InChI is InChI=1S/C13H20BN/c1-3-10-15(2)11-4-5-12-6-8-13(14)9-7-12/h4-9H,3,10-11,14H2,1-2H3/b5-4+. The van der Waals surface area contributed by atoms with E-state index in [4.69, 9.17) is 0 Å². The van der Waals surface area contributed by atoms with Crippen molar-refractivity contribution in [2.75, 3.05) is 20.1 Å². The molecular formula is C13H20BN. The Kier molecular flexibility index (Phi) is 5.20. The van der Waals surface area contributed by atoms with Crippen LogP contribution >= 0.6 is 0 Å². The van der Waals surface area contributed by atoms with Crippen molar-refractivity contribution in [2.45, 2.75) is 13.3 Å². The number of hydrogen-bond donors (Lipinski definition) is 0. The van der Waals surface area contributed by atoms with E-state index in [1.807, 2.05) is 0 Å². The van der Waals surface area contributed by atoms with Crippen LogP contribution in [0.25, 0.3) is 6.08 Å². The first-order chi connectivity index (χ1) is 7.22. The SMILES string of the molecule is Bc1ccc(/C=C/CN(C)CCC)cc1. The molecular weight excluding hydrogens is 181 g/mol. The molecule has 0 heterocycles. The number of rotatable bonds is 5. The van der Waals surface area contributed by atoms with Gasteiger partial charge in [-0.3, -0.25) is 0 Å². The highest BCUT2D eigenvalue weighted by Gasteiger charge is 1.91. The van der Waals surface area contributed by atoms with E-state index in [-0.39, 0.29) is 0 Å². The Morgan fingerprint density at radius 2 is 1.93 bits per heavy atom. The molecule has 0 unspecified atom stereocenters. The molecule has 15 heavy (non-hydrogen) atoms. The van der Waals surface area contributed by atoms with Gasteiger partial charge in [-0.2, -0.15) is 0 Å². The summed E-state index contributed by atoms with van der Waals surface area (Å²) in [6.45, 7) is 4.40. The van der Waals surface area contributed by atoms with E-state index >= 15 is 0 Å². The second-order valence-corrected chi connectivity index (χ2v) is 4.08. The van der Waals surface area contributed by atoms with Gasteiger partial charge in [0.05, 0.1) is 0 Å². The van der Waals surface area contributed by atoms with Crippen LogP contribution in [0.1, 0.15) is 18.9 Å². The molecule has 0 aromatic heterocycles. The number of hydrogen-bond acceptors (Lipinski definition) is 1. The van der Waals surface area contributed by atoms with Gasteiger partial charge in [-0.15, -0.1) is 0 Å². The van der Waals surface area contributed by atoms with Gasteiger partial charge in [0, 0.05) is 6.54 Å². The topological polar surface area (TPSA) is 3.24 Å². The lowest BCUT2D eigenvalue weighted by molar-refractivity contribution is 0.371. The van der Waals surface area contributed by atoms with Gasteiger partial charge >= 0.3 is 0 Å². The highest BCUT2D eigenvalue weighted by atomic mass is 15.1. The Balaban J connectivity index is 2.41. The molecule has 1 nitrogen and oxygen atoms in total. The van der Waals surface area contributed by atoms with Crippen molar-refractivity contribution in [3.63, 3.8) is 0 Å². The summed E-state index contributed by atoms with van der Waals surface area (Å²) in [7, 11) is 4.27. The van der Waals surface area contributed by atoms with Gasteiger partial charge in [0.15, 0.2) is 0 Å². The summed E-state index contributed by atoms with van der Waals surface area (Å²) in [5.74, 6) is 0. The zero-order chi connectivity index (χ0) is 11.1. The van der Waals surface area contributed by atoms with Crippen LogP contribution in [0.4, 0.5) is 0 Å². The average Bonchev–Trinajstić information content (AvgIpc) is 2.21. The molecule has 0 aliphatic rings. The number of likely N-dealkylation sites (N-methyl/N-ethyl adjacent to an activating group) is 1. The molecule has 0 atom stereocenters. The van der Waals surface area contributed by atoms with E-state index < -0.39 is 0 Å². The highest BCUT2D eigenvalue weighted by Crippen LogP contribution is 1.99. The molecule has 0 saturated heterocycles. The van der Waals surface area contributed by atoms with Crippen molar-refractivity contribution in [2.24, 2.45) is 0 Å². The molecule has 0 aliphatic carbocycles. The van der Waals surface area contributed by atoms with Gasteiger partial charge < -0.3 is 4.90 Å². The van der Waals surface area contributed by atoms with E-state index in [9.17, 15) is 0 Å². The molecule has 1 aromatic carbocycles. The lowest BCUT2D eigenvalue weighted by atomic mass is 9.95. The van der Waals surface area contributed by atoms with Crippen LogP contribution in [0.15, 0.2) is 30.3 Å². The van der Waals surface area contributed by atoms with E-state index in [0.29, 0.717) is 0 Å². The lowest BCUT2D eigenvalue weighted by Gasteiger charge is -2.11. The van der Waals surface area contributed by atoms with Crippen LogP contribution in [-0.4, -0.2) is 32.9 Å². The van der Waals surface area contributed by atoms with Gasteiger partial charge in [0.2, 0.25) is 0 Å². The first kappa shape index (κ1) is 12.1. The van der Waals surface area contributed by atoms with Gasteiger partial charge in [0.1, 0.15) is 7.85 Å². The second kappa shape index (κ2) is 6.47. The van der Waals surface area contributed by atoms with Crippen LogP contribution in [0, 0.1) is 0 Å². The van der Waals surface area contributed by atoms with Gasteiger partial charge in [-0.1, -0.05) is 48.8 Å². The number of nitrogens with zero attached hydrogens (tertiary/aromatic N) is 1. The molecule has 0 fully saturated rings. The van der Waals surface area contributed by atoms with E-state index in [2.05, 4.69) is 63.1 Å². The molecule has 0 saturated carbocycles. The van der Waals surface area contributed by atoms with Gasteiger partial charge in [-0.05, 0) is 25.6 Å². The zero-order valence-electron chi connectivity index (χ0n) is 10.0. The van der Waals surface area contributed by atoms with Gasteiger partial charge in [0.25, 0.3) is 0 Å². The van der Waals surface area contributed by atoms with Crippen LogP contribution in [0.5, 0.6) is 0 Å². The fourth-order valence-corrected chi connectivity index (χ4v) is 1.52. The first-order valence-electron chi connectivity index (χ1n) is 5.64. The molecule has 0 radical (unpaired) electrons. The maximum atomic E-state index is 2.32. The Labute approximate surface area is 94.2 Å². The molecule has 0 spiro atoms. The number of benzene rings is 1. The van der Waals surface area contributed by atoms with Crippen LogP contribution in [0.2, 0.25) is 0 Å². The summed E-state index contributed by atoms with van der Waals surface area (Å²) in [5, 5.41) is 0. The summed E-state index contributed by atoms with van der Waals surface area (Å²) < 4.78 is 0. The van der Waals surface area contributed by atoms with Crippen LogP contribution in [0.3, 0.4) is 0 Å². The minimum Gasteiger partial charge on any atom is -0.303 e. The minimum absolute atomic E-state index is 1.03. The fourth-order valence-electron chi connectivity index (χ4n) is 1.52. The van der Waals surface area contributed by atoms with Crippen molar-refractivity contribution >= 4 is 19.4 Å². The van der Waals surface area contributed by atoms with Crippen molar-refractivity contribution in [3.8, 4) is 0 Å². The molecule has 0 bridgehead atoms. The lowest BCUT2D eigenvalue weighted by Crippen LogP contribution is -2.18. The van der Waals surface area contributed by atoms with Crippen LogP contribution < -0.4 is 5.46 Å². The third-order valence-corrected chi connectivity index (χ3v) is 2.41. The van der Waals surface area contributed by atoms with Gasteiger partial charge in [-0.25, -0.2) is 0 Å². The van der Waals surface area contributed by atoms with Crippen molar-refractivity contribution < 1.29 is 0 Å². The van der Waals surface area contributed by atoms with Crippen LogP contribution in [-0.2, 0) is 0 Å². The average molecular weight is 201 g/mol. The predicted molar refractivity (Wildman–Crippen MR) is 71.4 cm³/mol. The Morgan fingerprint density at radius 3 is 2.53 bits per heavy atom. The van der Waals surface area contributed by atoms with E-state index in [1.165, 1.54) is 17.4 Å². The molecule has 0 amide bonds. The van der Waals surface area contributed by atoms with E-state index in [0.717, 1.165) is 13.1 Å². The monoisotopic (exact) mass is 201 g/mol. The fraction of sp³-hybridized carbons (Fsp3) is 0.385. The summed E-state index contributed by atoms with van der Waals surface area (Å²) in [5.41, 5.74) is 2.60. The maximum absolute atomic E-state index is 2.32. The second-order valence-electron chi connectivity index (χ2n) is 4.08. The Morgan fingerprint density at radius 1 is 1.27 bits per heavy atom. The predicted octanol–water partition coefficient (Wildman–Crippen LogP) is 1.30. The van der Waals surface area contributed by atoms with Crippen molar-refractivity contribution in [1.82, 2.24) is 4.90 Å². The first-order valence-corrected chi connectivity index (χ1v) is 5.64. The minimum atomic E-state index is 1.03. The van der Waals surface area contributed by atoms with E-state index in [1.54, 1.807) is 0 Å². The molecule has 1 rings (SSSR count).